The van der Waals surface area contributed by atoms with Crippen LogP contribution in [0.5, 0.6) is 0 Å². The molecule has 0 heterocycles. The van der Waals surface area contributed by atoms with Gasteiger partial charge >= 0.3 is 6.10 Å². The maximum Gasteiger partial charge on any atom is 0.374 e. The van der Waals surface area contributed by atoms with Crippen LogP contribution >= 0.6 is 0 Å². The van der Waals surface area contributed by atoms with Crippen molar-refractivity contribution in [1.82, 2.24) is 10.6 Å². The topological polar surface area (TPSA) is 185 Å². The minimum atomic E-state index is -1.66. The van der Waals surface area contributed by atoms with E-state index in [0.717, 1.165) is 0 Å². The first-order chi connectivity index (χ1) is 12.8. The first-order valence-corrected chi connectivity index (χ1v) is 8.49. The van der Waals surface area contributed by atoms with Gasteiger partial charge in [-0.1, -0.05) is 0 Å². The quantitative estimate of drug-likeness (QED) is 0.0968. The van der Waals surface area contributed by atoms with E-state index in [4.69, 9.17) is 25.0 Å². The lowest BCUT2D eigenvalue weighted by Gasteiger charge is -2.34. The Kier molecular flexibility index (Phi) is 9.57. The number of aliphatic hydroxyl groups excluding tert-OH is 3. The third-order valence-electron chi connectivity index (χ3n) is 4.16. The van der Waals surface area contributed by atoms with Gasteiger partial charge in [-0.05, 0) is 27.7 Å². The zero-order valence-corrected chi connectivity index (χ0v) is 17.6. The summed E-state index contributed by atoms with van der Waals surface area (Å²) in [6.45, 7) is 4.65. The molecular formula is C16H34N6O6. The predicted octanol–water partition coefficient (Wildman–Crippen LogP) is -0.604. The van der Waals surface area contributed by atoms with Gasteiger partial charge in [0.25, 0.3) is 0 Å². The fourth-order valence-electron chi connectivity index (χ4n) is 1.75. The van der Waals surface area contributed by atoms with Gasteiger partial charge < -0.3 is 34.8 Å². The molecule has 28 heavy (non-hydrogen) atoms. The van der Waals surface area contributed by atoms with Gasteiger partial charge in [0.2, 0.25) is 0 Å². The van der Waals surface area contributed by atoms with Gasteiger partial charge in [0, 0.05) is 21.3 Å². The molecule has 0 bridgehead atoms. The second-order valence-electron chi connectivity index (χ2n) is 7.24. The number of nitrogens with zero attached hydrogens (tertiary/aromatic N) is 2. The lowest BCUT2D eigenvalue weighted by atomic mass is 9.98. The molecule has 0 saturated carbocycles. The molecule has 0 aromatic carbocycles. The highest BCUT2D eigenvalue weighted by Gasteiger charge is 2.38. The molecule has 0 rings (SSSR count). The highest BCUT2D eigenvalue weighted by atomic mass is 16.9. The molecule has 0 aromatic rings. The van der Waals surface area contributed by atoms with Crippen molar-refractivity contribution in [3.8, 4) is 0 Å². The van der Waals surface area contributed by atoms with Crippen LogP contribution < -0.4 is 10.6 Å². The summed E-state index contributed by atoms with van der Waals surface area (Å²) in [6.07, 6.45) is -1.66. The number of hydrogen-bond acceptors (Lipinski definition) is 10. The molecule has 12 heteroatoms. The van der Waals surface area contributed by atoms with E-state index in [1.807, 2.05) is 0 Å². The van der Waals surface area contributed by atoms with Crippen LogP contribution in [0.2, 0.25) is 0 Å². The molecule has 0 aliphatic carbocycles. The standard InChI is InChI=1S/C16H34N6O6/c1-13(2,11(17)19-15(8-23,9-24)10-25)21-22-14(3,4)12(18)20-16(26-5,27-6)28-7/h23-25H,8-10H2,1-7H3,(H2,17,19)(H2,18,20). The highest BCUT2D eigenvalue weighted by Crippen LogP contribution is 2.19. The van der Waals surface area contributed by atoms with Crippen molar-refractivity contribution in [3.63, 3.8) is 0 Å². The average Bonchev–Trinajstić information content (AvgIpc) is 2.68. The summed E-state index contributed by atoms with van der Waals surface area (Å²) >= 11 is 0. The second kappa shape index (κ2) is 10.2. The number of amidine groups is 2. The molecular weight excluding hydrogens is 372 g/mol. The van der Waals surface area contributed by atoms with Crippen LogP contribution in [0.25, 0.3) is 0 Å². The molecule has 0 saturated heterocycles. The van der Waals surface area contributed by atoms with E-state index in [2.05, 4.69) is 20.9 Å². The summed E-state index contributed by atoms with van der Waals surface area (Å²) in [6, 6.07) is 0. The predicted molar refractivity (Wildman–Crippen MR) is 102 cm³/mol. The zero-order chi connectivity index (χ0) is 22.2. The molecule has 164 valence electrons. The summed E-state index contributed by atoms with van der Waals surface area (Å²) in [7, 11) is 4.02. The van der Waals surface area contributed by atoms with Crippen LogP contribution in [0.3, 0.4) is 0 Å². The molecule has 12 nitrogen and oxygen atoms in total. The molecule has 0 aromatic heterocycles. The summed E-state index contributed by atoms with van der Waals surface area (Å²) in [5.41, 5.74) is -3.80. The van der Waals surface area contributed by atoms with Gasteiger partial charge in [0.05, 0.1) is 19.8 Å². The first-order valence-electron chi connectivity index (χ1n) is 8.49. The minimum Gasteiger partial charge on any atom is -0.394 e. The Morgan fingerprint density at radius 3 is 1.36 bits per heavy atom. The molecule has 0 spiro atoms. The lowest BCUT2D eigenvalue weighted by Crippen LogP contribution is -2.60. The molecule has 0 unspecified atom stereocenters. The van der Waals surface area contributed by atoms with Crippen molar-refractivity contribution in [2.24, 2.45) is 10.2 Å². The number of azo groups is 1. The van der Waals surface area contributed by atoms with Gasteiger partial charge in [0.15, 0.2) is 0 Å². The monoisotopic (exact) mass is 406 g/mol. The van der Waals surface area contributed by atoms with E-state index in [-0.39, 0.29) is 11.7 Å². The van der Waals surface area contributed by atoms with Crippen molar-refractivity contribution in [3.05, 3.63) is 0 Å². The van der Waals surface area contributed by atoms with Gasteiger partial charge in [-0.25, -0.2) is 0 Å². The Balaban J connectivity index is 5.39. The van der Waals surface area contributed by atoms with Crippen molar-refractivity contribution in [1.29, 1.82) is 10.8 Å². The zero-order valence-electron chi connectivity index (χ0n) is 17.6. The van der Waals surface area contributed by atoms with E-state index in [0.29, 0.717) is 0 Å². The Morgan fingerprint density at radius 2 is 1.07 bits per heavy atom. The molecule has 0 aliphatic heterocycles. The summed E-state index contributed by atoms with van der Waals surface area (Å²) in [5, 5.41) is 58.1. The number of rotatable bonds is 12. The van der Waals surface area contributed by atoms with Crippen molar-refractivity contribution < 1.29 is 29.5 Å². The van der Waals surface area contributed by atoms with Crippen LogP contribution in [0.15, 0.2) is 10.2 Å². The number of hydrogen-bond donors (Lipinski definition) is 7. The van der Waals surface area contributed by atoms with Crippen LogP contribution in [0.1, 0.15) is 27.7 Å². The molecule has 0 radical (unpaired) electrons. The molecule has 0 aliphatic rings. The van der Waals surface area contributed by atoms with Gasteiger partial charge in [-0.15, -0.1) is 0 Å². The van der Waals surface area contributed by atoms with Crippen molar-refractivity contribution in [2.45, 2.75) is 50.4 Å². The highest BCUT2D eigenvalue weighted by molar-refractivity contribution is 5.89. The summed E-state index contributed by atoms with van der Waals surface area (Å²) in [4.78, 5) is 0. The largest absolute Gasteiger partial charge is 0.394 e. The second-order valence-corrected chi connectivity index (χ2v) is 7.24. The number of nitrogens with one attached hydrogen (secondary N) is 4. The Morgan fingerprint density at radius 1 is 0.750 bits per heavy atom. The SMILES string of the molecule is COC(NC(=N)C(C)(C)N=NC(C)(C)C(=N)NC(CO)(CO)CO)(OC)OC. The van der Waals surface area contributed by atoms with Gasteiger partial charge in [-0.2, -0.15) is 10.2 Å². The Hall–Kier alpha value is -1.70. The van der Waals surface area contributed by atoms with E-state index in [1.165, 1.54) is 21.3 Å². The van der Waals surface area contributed by atoms with E-state index in [1.54, 1.807) is 27.7 Å². The third-order valence-corrected chi connectivity index (χ3v) is 4.16. The van der Waals surface area contributed by atoms with Crippen molar-refractivity contribution in [2.75, 3.05) is 41.2 Å². The van der Waals surface area contributed by atoms with Crippen molar-refractivity contribution >= 4 is 11.7 Å². The van der Waals surface area contributed by atoms with E-state index in [9.17, 15) is 15.3 Å². The molecule has 0 amide bonds. The molecule has 0 fully saturated rings. The average molecular weight is 406 g/mol. The smallest absolute Gasteiger partial charge is 0.374 e. The molecule has 7 N–H and O–H groups in total. The maximum absolute atomic E-state index is 9.40. The normalized spacial score (nSPS) is 13.6. The number of methoxy groups -OCH3 is 3. The summed E-state index contributed by atoms with van der Waals surface area (Å²) < 4.78 is 15.3. The van der Waals surface area contributed by atoms with Crippen LogP contribution in [0, 0.1) is 10.8 Å². The fraction of sp³-hybridized carbons (Fsp3) is 0.875. The van der Waals surface area contributed by atoms with Crippen LogP contribution in [-0.4, -0.2) is 90.9 Å². The summed E-state index contributed by atoms with van der Waals surface area (Å²) in [5.74, 6) is -0.295. The lowest BCUT2D eigenvalue weighted by molar-refractivity contribution is -0.361. The van der Waals surface area contributed by atoms with Gasteiger partial charge in [0.1, 0.15) is 28.3 Å². The Labute approximate surface area is 165 Å². The minimum absolute atomic E-state index is 0.118. The third kappa shape index (κ3) is 6.43. The fourth-order valence-corrected chi connectivity index (χ4v) is 1.75. The van der Waals surface area contributed by atoms with Crippen LogP contribution in [-0.2, 0) is 14.2 Å². The molecule has 0 atom stereocenters. The van der Waals surface area contributed by atoms with Gasteiger partial charge in [-0.3, -0.25) is 16.1 Å². The first kappa shape index (κ1) is 26.3. The number of ether oxygens (including phenoxy) is 3. The number of aliphatic hydroxyl groups is 3. The van der Waals surface area contributed by atoms with Crippen LogP contribution in [0.4, 0.5) is 0 Å². The maximum atomic E-state index is 9.40. The van der Waals surface area contributed by atoms with E-state index < -0.39 is 42.5 Å². The van der Waals surface area contributed by atoms with E-state index >= 15 is 0 Å². The Bertz CT molecular complexity index is 493.